The van der Waals surface area contributed by atoms with Crippen molar-refractivity contribution in [3.63, 3.8) is 0 Å². The molecule has 1 unspecified atom stereocenters. The molecule has 2 amide bonds. The summed E-state index contributed by atoms with van der Waals surface area (Å²) in [5.74, 6) is -1.55. The van der Waals surface area contributed by atoms with E-state index in [1.807, 2.05) is 50.2 Å². The van der Waals surface area contributed by atoms with Crippen LogP contribution >= 0.6 is 0 Å². The van der Waals surface area contributed by atoms with Gasteiger partial charge in [-0.15, -0.1) is 0 Å². The van der Waals surface area contributed by atoms with E-state index in [-0.39, 0.29) is 12.6 Å². The van der Waals surface area contributed by atoms with Crippen LogP contribution in [0.1, 0.15) is 29.2 Å². The Balaban J connectivity index is 1.67. The van der Waals surface area contributed by atoms with Crippen LogP contribution in [0.15, 0.2) is 42.5 Å². The largest absolute Gasteiger partial charge is 0.346 e. The Morgan fingerprint density at radius 1 is 1.09 bits per heavy atom. The lowest BCUT2D eigenvalue weighted by Gasteiger charge is -2.29. The van der Waals surface area contributed by atoms with E-state index in [1.165, 1.54) is 4.31 Å². The Morgan fingerprint density at radius 3 is 2.41 bits per heavy atom. The van der Waals surface area contributed by atoms with Crippen LogP contribution in [0, 0.1) is 6.92 Å². The van der Waals surface area contributed by atoms with E-state index in [0.29, 0.717) is 17.9 Å². The molecule has 1 aliphatic heterocycles. The van der Waals surface area contributed by atoms with Gasteiger partial charge in [-0.1, -0.05) is 35.9 Å². The van der Waals surface area contributed by atoms with Crippen molar-refractivity contribution in [2.45, 2.75) is 25.8 Å². The molecule has 2 N–H and O–H groups in total. The Hall–Kier alpha value is -2.91. The van der Waals surface area contributed by atoms with Gasteiger partial charge < -0.3 is 15.5 Å². The van der Waals surface area contributed by atoms with Gasteiger partial charge in [-0.2, -0.15) is 0 Å². The Bertz CT molecular complexity index is 1100. The second-order valence-electron chi connectivity index (χ2n) is 8.34. The Kier molecular flexibility index (Phi) is 7.20. The molecule has 1 aliphatic rings. The number of sulfonamides is 1. The molecule has 0 spiro atoms. The summed E-state index contributed by atoms with van der Waals surface area (Å²) in [5.41, 5.74) is 4.01. The third-order valence-electron chi connectivity index (χ3n) is 5.57. The summed E-state index contributed by atoms with van der Waals surface area (Å²) < 4.78 is 25.5. The molecule has 0 saturated carbocycles. The number of benzene rings is 2. The first kappa shape index (κ1) is 23.7. The van der Waals surface area contributed by atoms with Gasteiger partial charge >= 0.3 is 11.8 Å². The number of fused-ring (bicyclic) bond motifs is 1. The number of hydrogen-bond acceptors (Lipinski definition) is 5. The van der Waals surface area contributed by atoms with Crippen LogP contribution in [0.4, 0.5) is 11.4 Å². The average Bonchev–Trinajstić information content (AvgIpc) is 2.73. The van der Waals surface area contributed by atoms with Gasteiger partial charge in [0.2, 0.25) is 10.0 Å². The standard InChI is InChI=1S/C23H30N4O4S/c1-16-7-9-18(10-8-16)21(26(2)3)15-24-22(28)23(29)25-19-12-11-17-6-5-13-27(20(17)14-19)32(4,30)31/h7-12,14,21H,5-6,13,15H2,1-4H3,(H,24,28)(H,25,29). The van der Waals surface area contributed by atoms with Crippen LogP contribution in [0.3, 0.4) is 0 Å². The van der Waals surface area contributed by atoms with Crippen molar-refractivity contribution in [2.75, 3.05) is 43.1 Å². The van der Waals surface area contributed by atoms with Crippen LogP contribution in [-0.2, 0) is 26.0 Å². The highest BCUT2D eigenvalue weighted by Gasteiger charge is 2.25. The summed E-state index contributed by atoms with van der Waals surface area (Å²) in [4.78, 5) is 26.9. The van der Waals surface area contributed by atoms with Crippen LogP contribution in [0.25, 0.3) is 0 Å². The maximum absolute atomic E-state index is 12.5. The molecule has 8 nitrogen and oxygen atoms in total. The molecule has 9 heteroatoms. The first-order chi connectivity index (χ1) is 15.1. The second kappa shape index (κ2) is 9.70. The predicted molar refractivity (Wildman–Crippen MR) is 126 cm³/mol. The summed E-state index contributed by atoms with van der Waals surface area (Å²) in [6, 6.07) is 13.0. The third-order valence-corrected chi connectivity index (χ3v) is 6.75. The SMILES string of the molecule is Cc1ccc(C(CNC(=O)C(=O)Nc2ccc3c(c2)N(S(C)(=O)=O)CCC3)N(C)C)cc1. The summed E-state index contributed by atoms with van der Waals surface area (Å²) >= 11 is 0. The monoisotopic (exact) mass is 458 g/mol. The molecule has 0 radical (unpaired) electrons. The highest BCUT2D eigenvalue weighted by molar-refractivity contribution is 7.92. The van der Waals surface area contributed by atoms with Gasteiger partial charge in [-0.25, -0.2) is 8.42 Å². The molecule has 0 aliphatic carbocycles. The maximum atomic E-state index is 12.5. The van der Waals surface area contributed by atoms with E-state index in [1.54, 1.807) is 18.2 Å². The van der Waals surface area contributed by atoms with E-state index >= 15 is 0 Å². The molecule has 0 fully saturated rings. The fourth-order valence-electron chi connectivity index (χ4n) is 3.81. The Morgan fingerprint density at radius 2 is 1.78 bits per heavy atom. The van der Waals surface area contributed by atoms with Crippen LogP contribution < -0.4 is 14.9 Å². The molecule has 3 rings (SSSR count). The predicted octanol–water partition coefficient (Wildman–Crippen LogP) is 2.06. The van der Waals surface area contributed by atoms with Crippen LogP contribution in [-0.4, -0.2) is 58.6 Å². The maximum Gasteiger partial charge on any atom is 0.313 e. The first-order valence-corrected chi connectivity index (χ1v) is 12.3. The number of hydrogen-bond donors (Lipinski definition) is 2. The van der Waals surface area contributed by atoms with Gasteiger partial charge in [0, 0.05) is 18.8 Å². The van der Waals surface area contributed by atoms with Gasteiger partial charge in [0.05, 0.1) is 18.0 Å². The summed E-state index contributed by atoms with van der Waals surface area (Å²) in [6.45, 7) is 2.68. The average molecular weight is 459 g/mol. The van der Waals surface area contributed by atoms with Crippen molar-refractivity contribution in [1.82, 2.24) is 10.2 Å². The van der Waals surface area contributed by atoms with E-state index in [0.717, 1.165) is 35.8 Å². The number of likely N-dealkylation sites (N-methyl/N-ethyl adjacent to an activating group) is 1. The van der Waals surface area contributed by atoms with Crippen molar-refractivity contribution in [3.8, 4) is 0 Å². The minimum Gasteiger partial charge on any atom is -0.346 e. The van der Waals surface area contributed by atoms with Gasteiger partial charge in [0.1, 0.15) is 0 Å². The zero-order valence-electron chi connectivity index (χ0n) is 18.9. The zero-order valence-corrected chi connectivity index (χ0v) is 19.7. The zero-order chi connectivity index (χ0) is 23.5. The number of nitrogens with zero attached hydrogens (tertiary/aromatic N) is 2. The summed E-state index contributed by atoms with van der Waals surface area (Å²) in [7, 11) is 0.409. The summed E-state index contributed by atoms with van der Waals surface area (Å²) in [6.07, 6.45) is 2.67. The fourth-order valence-corrected chi connectivity index (χ4v) is 4.80. The minimum atomic E-state index is -3.42. The first-order valence-electron chi connectivity index (χ1n) is 10.5. The molecule has 1 heterocycles. The van der Waals surface area contributed by atoms with Crippen molar-refractivity contribution in [3.05, 3.63) is 59.2 Å². The number of nitrogens with one attached hydrogen (secondary N) is 2. The van der Waals surface area contributed by atoms with Crippen LogP contribution in [0.5, 0.6) is 0 Å². The third kappa shape index (κ3) is 5.66. The number of anilines is 2. The van der Waals surface area contributed by atoms with E-state index in [2.05, 4.69) is 10.6 Å². The molecule has 0 bridgehead atoms. The molecule has 1 atom stereocenters. The molecule has 2 aromatic carbocycles. The number of amides is 2. The summed E-state index contributed by atoms with van der Waals surface area (Å²) in [5, 5.41) is 5.27. The van der Waals surface area contributed by atoms with Gasteiger partial charge in [0.25, 0.3) is 0 Å². The van der Waals surface area contributed by atoms with Crippen molar-refractivity contribution >= 4 is 33.2 Å². The fraction of sp³-hybridized carbons (Fsp3) is 0.391. The lowest BCUT2D eigenvalue weighted by atomic mass is 10.0. The topological polar surface area (TPSA) is 98.8 Å². The van der Waals surface area contributed by atoms with Crippen molar-refractivity contribution in [1.29, 1.82) is 0 Å². The number of carbonyl (C=O) groups is 2. The van der Waals surface area contributed by atoms with E-state index < -0.39 is 21.8 Å². The lowest BCUT2D eigenvalue weighted by Crippen LogP contribution is -2.40. The normalized spacial score (nSPS) is 14.6. The van der Waals surface area contributed by atoms with E-state index in [9.17, 15) is 18.0 Å². The molecule has 172 valence electrons. The lowest BCUT2D eigenvalue weighted by molar-refractivity contribution is -0.136. The van der Waals surface area contributed by atoms with Crippen molar-refractivity contribution in [2.24, 2.45) is 0 Å². The molecular formula is C23H30N4O4S. The molecule has 32 heavy (non-hydrogen) atoms. The molecule has 2 aromatic rings. The van der Waals surface area contributed by atoms with Crippen molar-refractivity contribution < 1.29 is 18.0 Å². The molecular weight excluding hydrogens is 428 g/mol. The number of carbonyl (C=O) groups excluding carboxylic acids is 2. The molecule has 0 saturated heterocycles. The van der Waals surface area contributed by atoms with Gasteiger partial charge in [-0.05, 0) is 57.1 Å². The van der Waals surface area contributed by atoms with Crippen LogP contribution in [0.2, 0.25) is 0 Å². The van der Waals surface area contributed by atoms with Gasteiger partial charge in [-0.3, -0.25) is 13.9 Å². The Labute approximate surface area is 189 Å². The second-order valence-corrected chi connectivity index (χ2v) is 10.2. The highest BCUT2D eigenvalue weighted by atomic mass is 32.2. The van der Waals surface area contributed by atoms with E-state index in [4.69, 9.17) is 0 Å². The quantitative estimate of drug-likeness (QED) is 0.646. The number of rotatable bonds is 6. The molecule has 0 aromatic heterocycles. The highest BCUT2D eigenvalue weighted by Crippen LogP contribution is 2.31. The minimum absolute atomic E-state index is 0.0839. The number of aryl methyl sites for hydroxylation is 2. The smallest absolute Gasteiger partial charge is 0.313 e. The van der Waals surface area contributed by atoms with Gasteiger partial charge in [0.15, 0.2) is 0 Å².